The van der Waals surface area contributed by atoms with Crippen molar-refractivity contribution in [1.82, 2.24) is 4.90 Å². The molecule has 1 aliphatic carbocycles. The molecule has 1 amide bonds. The van der Waals surface area contributed by atoms with Gasteiger partial charge in [0.1, 0.15) is 5.75 Å². The van der Waals surface area contributed by atoms with Crippen LogP contribution in [0.4, 0.5) is 0 Å². The summed E-state index contributed by atoms with van der Waals surface area (Å²) in [7, 11) is 0. The summed E-state index contributed by atoms with van der Waals surface area (Å²) in [6.07, 6.45) is 1.56. The first-order valence-corrected chi connectivity index (χ1v) is 7.72. The third-order valence-electron chi connectivity index (χ3n) is 3.43. The van der Waals surface area contributed by atoms with Crippen molar-refractivity contribution >= 4 is 21.8 Å². The standard InChI is InChI=1S/C15H20BrNO3/c1-3-17(12-5-6-12)15(19)9-20-14-8-11(16)4-7-13(14)10(2)18/h4,7-8,10,12,18H,3,5-6,9H2,1-2H3/t10-/m1/s1. The molecule has 1 atom stereocenters. The van der Waals surface area contributed by atoms with E-state index in [1.54, 1.807) is 19.1 Å². The molecule has 0 radical (unpaired) electrons. The highest BCUT2D eigenvalue weighted by Gasteiger charge is 2.31. The first kappa shape index (κ1) is 15.3. The van der Waals surface area contributed by atoms with Crippen LogP contribution in [0.2, 0.25) is 0 Å². The van der Waals surface area contributed by atoms with Gasteiger partial charge in [-0.3, -0.25) is 4.79 Å². The van der Waals surface area contributed by atoms with E-state index in [-0.39, 0.29) is 12.5 Å². The number of benzene rings is 1. The maximum absolute atomic E-state index is 12.1. The molecule has 4 nitrogen and oxygen atoms in total. The quantitative estimate of drug-likeness (QED) is 0.865. The smallest absolute Gasteiger partial charge is 0.260 e. The molecule has 1 aliphatic rings. The van der Waals surface area contributed by atoms with Gasteiger partial charge in [-0.1, -0.05) is 22.0 Å². The Morgan fingerprint density at radius 2 is 2.25 bits per heavy atom. The summed E-state index contributed by atoms with van der Waals surface area (Å²) in [5, 5.41) is 9.72. The summed E-state index contributed by atoms with van der Waals surface area (Å²) in [6, 6.07) is 5.82. The normalized spacial score (nSPS) is 15.8. The van der Waals surface area contributed by atoms with E-state index in [0.717, 1.165) is 17.3 Å². The number of halogens is 1. The van der Waals surface area contributed by atoms with Crippen molar-refractivity contribution in [2.45, 2.75) is 38.8 Å². The Morgan fingerprint density at radius 1 is 1.55 bits per heavy atom. The lowest BCUT2D eigenvalue weighted by molar-refractivity contribution is -0.133. The van der Waals surface area contributed by atoms with Crippen LogP contribution in [0, 0.1) is 0 Å². The summed E-state index contributed by atoms with van der Waals surface area (Å²) in [6.45, 7) is 4.39. The van der Waals surface area contributed by atoms with E-state index >= 15 is 0 Å². The van der Waals surface area contributed by atoms with Gasteiger partial charge in [0.25, 0.3) is 5.91 Å². The summed E-state index contributed by atoms with van der Waals surface area (Å²) in [5.41, 5.74) is 0.690. The second kappa shape index (κ2) is 6.59. The van der Waals surface area contributed by atoms with Gasteiger partial charge >= 0.3 is 0 Å². The van der Waals surface area contributed by atoms with Crippen LogP contribution in [-0.4, -0.2) is 35.1 Å². The monoisotopic (exact) mass is 341 g/mol. The van der Waals surface area contributed by atoms with E-state index in [4.69, 9.17) is 4.74 Å². The fourth-order valence-corrected chi connectivity index (χ4v) is 2.57. The largest absolute Gasteiger partial charge is 0.483 e. The molecule has 1 aromatic carbocycles. The van der Waals surface area contributed by atoms with Crippen molar-refractivity contribution in [3.63, 3.8) is 0 Å². The third kappa shape index (κ3) is 3.73. The van der Waals surface area contributed by atoms with Crippen LogP contribution >= 0.6 is 15.9 Å². The molecular weight excluding hydrogens is 322 g/mol. The highest BCUT2D eigenvalue weighted by Crippen LogP contribution is 2.29. The van der Waals surface area contributed by atoms with Crippen LogP contribution in [0.5, 0.6) is 5.75 Å². The Morgan fingerprint density at radius 3 is 2.80 bits per heavy atom. The molecule has 0 aliphatic heterocycles. The molecule has 0 heterocycles. The minimum atomic E-state index is -0.626. The van der Waals surface area contributed by atoms with Crippen molar-refractivity contribution < 1.29 is 14.6 Å². The second-order valence-corrected chi connectivity index (χ2v) is 5.97. The highest BCUT2D eigenvalue weighted by atomic mass is 79.9. The number of hydrogen-bond donors (Lipinski definition) is 1. The van der Waals surface area contributed by atoms with Crippen molar-refractivity contribution in [3.05, 3.63) is 28.2 Å². The number of ether oxygens (including phenoxy) is 1. The number of amides is 1. The average Bonchev–Trinajstić information content (AvgIpc) is 3.21. The SMILES string of the molecule is CCN(C(=O)COc1cc(Br)ccc1[C@@H](C)O)C1CC1. The molecule has 20 heavy (non-hydrogen) atoms. The molecule has 1 fully saturated rings. The number of rotatable bonds is 6. The molecule has 2 rings (SSSR count). The molecule has 0 unspecified atom stereocenters. The molecule has 0 aromatic heterocycles. The fraction of sp³-hybridized carbons (Fsp3) is 0.533. The van der Waals surface area contributed by atoms with Crippen molar-refractivity contribution in [2.24, 2.45) is 0 Å². The Kier molecular flexibility index (Phi) is 5.05. The van der Waals surface area contributed by atoms with E-state index in [1.807, 2.05) is 17.9 Å². The van der Waals surface area contributed by atoms with Crippen LogP contribution in [0.3, 0.4) is 0 Å². The number of likely N-dealkylation sites (N-methyl/N-ethyl adjacent to an activating group) is 1. The van der Waals surface area contributed by atoms with E-state index in [9.17, 15) is 9.90 Å². The number of hydrogen-bond acceptors (Lipinski definition) is 3. The summed E-state index contributed by atoms with van der Waals surface area (Å²) >= 11 is 3.37. The minimum Gasteiger partial charge on any atom is -0.483 e. The van der Waals surface area contributed by atoms with Crippen LogP contribution in [0.15, 0.2) is 22.7 Å². The predicted molar refractivity (Wildman–Crippen MR) is 80.7 cm³/mol. The Labute approximate surface area is 127 Å². The van der Waals surface area contributed by atoms with Crippen LogP contribution in [0.1, 0.15) is 38.4 Å². The van der Waals surface area contributed by atoms with Crippen LogP contribution in [0.25, 0.3) is 0 Å². The Balaban J connectivity index is 2.02. The van der Waals surface area contributed by atoms with Gasteiger partial charge in [0, 0.05) is 22.6 Å². The fourth-order valence-electron chi connectivity index (χ4n) is 2.23. The Bertz CT molecular complexity index is 486. The molecule has 110 valence electrons. The molecule has 0 saturated heterocycles. The predicted octanol–water partition coefficient (Wildman–Crippen LogP) is 2.89. The van der Waals surface area contributed by atoms with E-state index in [1.165, 1.54) is 0 Å². The summed E-state index contributed by atoms with van der Waals surface area (Å²) < 4.78 is 6.48. The molecule has 1 N–H and O–H groups in total. The highest BCUT2D eigenvalue weighted by molar-refractivity contribution is 9.10. The third-order valence-corrected chi connectivity index (χ3v) is 3.92. The first-order valence-electron chi connectivity index (χ1n) is 6.92. The first-order chi connectivity index (χ1) is 9.52. The van der Waals surface area contributed by atoms with Crippen LogP contribution < -0.4 is 4.74 Å². The maximum atomic E-state index is 12.1. The summed E-state index contributed by atoms with van der Waals surface area (Å²) in [5.74, 6) is 0.557. The lowest BCUT2D eigenvalue weighted by atomic mass is 10.1. The Hall–Kier alpha value is -1.07. The average molecular weight is 342 g/mol. The second-order valence-electron chi connectivity index (χ2n) is 5.06. The number of aliphatic hydroxyl groups is 1. The molecule has 1 aromatic rings. The van der Waals surface area contributed by atoms with Gasteiger partial charge in [-0.2, -0.15) is 0 Å². The number of aliphatic hydroxyl groups excluding tert-OH is 1. The van der Waals surface area contributed by atoms with Gasteiger partial charge in [-0.05, 0) is 38.8 Å². The molecular formula is C15H20BrNO3. The number of carbonyl (C=O) groups is 1. The van der Waals surface area contributed by atoms with E-state index in [0.29, 0.717) is 23.9 Å². The zero-order chi connectivity index (χ0) is 14.7. The van der Waals surface area contributed by atoms with Crippen molar-refractivity contribution in [2.75, 3.05) is 13.2 Å². The number of nitrogens with zero attached hydrogens (tertiary/aromatic N) is 1. The van der Waals surface area contributed by atoms with Gasteiger partial charge in [-0.15, -0.1) is 0 Å². The molecule has 1 saturated carbocycles. The zero-order valence-electron chi connectivity index (χ0n) is 11.8. The minimum absolute atomic E-state index is 0.00604. The molecule has 5 heteroatoms. The zero-order valence-corrected chi connectivity index (χ0v) is 13.4. The van der Waals surface area contributed by atoms with Crippen molar-refractivity contribution in [3.8, 4) is 5.75 Å². The topological polar surface area (TPSA) is 49.8 Å². The van der Waals surface area contributed by atoms with Gasteiger partial charge in [0.2, 0.25) is 0 Å². The van der Waals surface area contributed by atoms with E-state index in [2.05, 4.69) is 15.9 Å². The maximum Gasteiger partial charge on any atom is 0.260 e. The van der Waals surface area contributed by atoms with E-state index < -0.39 is 6.10 Å². The molecule has 0 spiro atoms. The molecule has 0 bridgehead atoms. The summed E-state index contributed by atoms with van der Waals surface area (Å²) in [4.78, 5) is 14.0. The van der Waals surface area contributed by atoms with Gasteiger partial charge in [0.05, 0.1) is 6.10 Å². The van der Waals surface area contributed by atoms with Gasteiger partial charge in [0.15, 0.2) is 6.61 Å². The number of carbonyl (C=O) groups excluding carboxylic acids is 1. The van der Waals surface area contributed by atoms with Crippen LogP contribution in [-0.2, 0) is 4.79 Å². The lowest BCUT2D eigenvalue weighted by Crippen LogP contribution is -2.36. The van der Waals surface area contributed by atoms with Gasteiger partial charge < -0.3 is 14.7 Å². The lowest BCUT2D eigenvalue weighted by Gasteiger charge is -2.21. The van der Waals surface area contributed by atoms with Gasteiger partial charge in [-0.25, -0.2) is 0 Å². The van der Waals surface area contributed by atoms with Crippen molar-refractivity contribution in [1.29, 1.82) is 0 Å².